The molecule has 4 aromatic rings. The molecule has 0 aliphatic carbocycles. The molecule has 1 unspecified atom stereocenters. The number of amides is 1. The number of anilines is 1. The highest BCUT2D eigenvalue weighted by Gasteiger charge is 2.27. The molecule has 2 aromatic carbocycles. The number of ether oxygens (including phenoxy) is 1. The Morgan fingerprint density at radius 1 is 1.21 bits per heavy atom. The fraction of sp³-hybridized carbons (Fsp3) is 0.214. The third kappa shape index (κ3) is 4.82. The summed E-state index contributed by atoms with van der Waals surface area (Å²) in [5.74, 6) is -0.414. The lowest BCUT2D eigenvalue weighted by molar-refractivity contribution is -0.132. The van der Waals surface area contributed by atoms with Gasteiger partial charge in [0.15, 0.2) is 11.4 Å². The number of nitrogen functional groups attached to an aromatic ring is 1. The van der Waals surface area contributed by atoms with E-state index < -0.39 is 18.0 Å². The van der Waals surface area contributed by atoms with E-state index in [0.29, 0.717) is 36.0 Å². The number of pyridine rings is 1. The monoisotopic (exact) mass is 554 g/mol. The lowest BCUT2D eigenvalue weighted by Gasteiger charge is -2.28. The quantitative estimate of drug-likeness (QED) is 0.270. The van der Waals surface area contributed by atoms with Crippen LogP contribution in [-0.2, 0) is 4.79 Å². The molecule has 38 heavy (non-hydrogen) atoms. The first kappa shape index (κ1) is 26.0. The first-order chi connectivity index (χ1) is 18.3. The Balaban J connectivity index is 1.38. The fourth-order valence-electron chi connectivity index (χ4n) is 4.61. The van der Waals surface area contributed by atoms with E-state index in [9.17, 15) is 9.18 Å². The van der Waals surface area contributed by atoms with Crippen LogP contribution in [0.1, 0.15) is 42.2 Å². The highest BCUT2D eigenvalue weighted by atomic mass is 35.5. The summed E-state index contributed by atoms with van der Waals surface area (Å²) in [5.41, 5.74) is 15.6. The second-order valence-electron chi connectivity index (χ2n) is 9.03. The van der Waals surface area contributed by atoms with Gasteiger partial charge in [-0.3, -0.25) is 4.79 Å². The summed E-state index contributed by atoms with van der Waals surface area (Å²) in [6, 6.07) is 11.2. The molecule has 7 nitrogen and oxygen atoms in total. The Morgan fingerprint density at radius 3 is 2.68 bits per heavy atom. The number of carbonyl (C=O) groups excluding carboxylic acids is 1. The highest BCUT2D eigenvalue weighted by molar-refractivity contribution is 6.36. The van der Waals surface area contributed by atoms with Crippen LogP contribution in [0.4, 0.5) is 10.2 Å². The largest absolute Gasteiger partial charge is 0.478 e. The molecule has 1 amide bonds. The van der Waals surface area contributed by atoms with Crippen molar-refractivity contribution < 1.29 is 18.3 Å². The number of aromatic nitrogens is 1. The summed E-state index contributed by atoms with van der Waals surface area (Å²) in [4.78, 5) is 19.0. The zero-order chi connectivity index (χ0) is 27.0. The van der Waals surface area contributed by atoms with Crippen LogP contribution in [0, 0.1) is 5.82 Å². The molecule has 2 aromatic heterocycles. The third-order valence-corrected chi connectivity index (χ3v) is 7.39. The van der Waals surface area contributed by atoms with Crippen LogP contribution in [0.5, 0.6) is 5.75 Å². The van der Waals surface area contributed by atoms with Gasteiger partial charge in [-0.05, 0) is 36.6 Å². The van der Waals surface area contributed by atoms with Crippen LogP contribution in [0.2, 0.25) is 10.0 Å². The van der Waals surface area contributed by atoms with E-state index >= 15 is 0 Å². The zero-order valence-electron chi connectivity index (χ0n) is 20.5. The summed E-state index contributed by atoms with van der Waals surface area (Å²) in [5, 5.41) is 0.841. The molecule has 0 saturated heterocycles. The number of furan rings is 1. The predicted octanol–water partition coefficient (Wildman–Crippen LogP) is 6.31. The lowest BCUT2D eigenvalue weighted by Crippen LogP contribution is -2.40. The maximum atomic E-state index is 14.1. The number of nitrogens with two attached hydrogens (primary N) is 2. The van der Waals surface area contributed by atoms with Crippen LogP contribution >= 0.6 is 23.2 Å². The average Bonchev–Trinajstić information content (AvgIpc) is 3.37. The number of fused-ring (bicyclic) bond motifs is 1. The topological polar surface area (TPSA) is 108 Å². The molecule has 0 saturated carbocycles. The molecule has 1 aliphatic heterocycles. The molecule has 0 radical (unpaired) electrons. The van der Waals surface area contributed by atoms with Crippen LogP contribution in [-0.4, -0.2) is 28.9 Å². The summed E-state index contributed by atoms with van der Waals surface area (Å²) in [7, 11) is 0. The van der Waals surface area contributed by atoms with Crippen molar-refractivity contribution in [2.45, 2.75) is 25.5 Å². The lowest BCUT2D eigenvalue weighted by atomic mass is 9.98. The van der Waals surface area contributed by atoms with Crippen LogP contribution in [0.25, 0.3) is 16.5 Å². The normalized spacial score (nSPS) is 15.3. The zero-order valence-corrected chi connectivity index (χ0v) is 22.0. The van der Waals surface area contributed by atoms with Crippen molar-refractivity contribution in [3.05, 3.63) is 93.6 Å². The Bertz CT molecular complexity index is 1540. The van der Waals surface area contributed by atoms with Gasteiger partial charge < -0.3 is 25.5 Å². The molecule has 2 atom stereocenters. The molecule has 0 bridgehead atoms. The van der Waals surface area contributed by atoms with Gasteiger partial charge in [0.2, 0.25) is 11.7 Å². The predicted molar refractivity (Wildman–Crippen MR) is 146 cm³/mol. The van der Waals surface area contributed by atoms with Gasteiger partial charge in [-0.15, -0.1) is 0 Å². The van der Waals surface area contributed by atoms with Crippen LogP contribution in [0.3, 0.4) is 0 Å². The first-order valence-electron chi connectivity index (χ1n) is 12.0. The third-order valence-electron chi connectivity index (χ3n) is 6.67. The van der Waals surface area contributed by atoms with Crippen LogP contribution < -0.4 is 16.2 Å². The molecule has 3 heterocycles. The number of nitrogens with zero attached hydrogens (tertiary/aromatic N) is 2. The smallest absolute Gasteiger partial charge is 0.244 e. The average molecular weight is 555 g/mol. The van der Waals surface area contributed by atoms with Gasteiger partial charge in [-0.25, -0.2) is 9.37 Å². The minimum absolute atomic E-state index is 0.109. The van der Waals surface area contributed by atoms with Gasteiger partial charge in [-0.2, -0.15) is 0 Å². The first-order valence-corrected chi connectivity index (χ1v) is 12.8. The summed E-state index contributed by atoms with van der Waals surface area (Å²) >= 11 is 12.4. The van der Waals surface area contributed by atoms with Crippen molar-refractivity contribution in [3.8, 4) is 5.75 Å². The minimum Gasteiger partial charge on any atom is -0.478 e. The van der Waals surface area contributed by atoms with Crippen molar-refractivity contribution in [2.24, 2.45) is 5.73 Å². The molecule has 196 valence electrons. The van der Waals surface area contributed by atoms with Gasteiger partial charge in [0.25, 0.3) is 0 Å². The highest BCUT2D eigenvalue weighted by Crippen LogP contribution is 2.41. The van der Waals surface area contributed by atoms with Gasteiger partial charge in [0, 0.05) is 35.4 Å². The maximum absolute atomic E-state index is 14.1. The molecule has 4 N–H and O–H groups in total. The molecule has 0 fully saturated rings. The van der Waals surface area contributed by atoms with Crippen molar-refractivity contribution in [2.75, 3.05) is 18.8 Å². The van der Waals surface area contributed by atoms with E-state index in [2.05, 4.69) is 4.98 Å². The van der Waals surface area contributed by atoms with Crippen LogP contribution in [0.15, 0.2) is 65.4 Å². The van der Waals surface area contributed by atoms with Crippen molar-refractivity contribution in [1.29, 1.82) is 0 Å². The van der Waals surface area contributed by atoms with E-state index in [4.69, 9.17) is 43.8 Å². The van der Waals surface area contributed by atoms with Crippen molar-refractivity contribution in [1.82, 2.24) is 9.88 Å². The Morgan fingerprint density at radius 2 is 1.97 bits per heavy atom. The van der Waals surface area contributed by atoms with Gasteiger partial charge >= 0.3 is 0 Å². The van der Waals surface area contributed by atoms with Gasteiger partial charge in [0.05, 0.1) is 16.7 Å². The molecular weight excluding hydrogens is 530 g/mol. The maximum Gasteiger partial charge on any atom is 0.244 e. The number of hydrogen-bond acceptors (Lipinski definition) is 6. The molecule has 0 spiro atoms. The summed E-state index contributed by atoms with van der Waals surface area (Å²) < 4.78 is 26.0. The Hall–Kier alpha value is -3.59. The SMILES string of the molecule is CC(Oc1c(N)ncc2c(C3=CCN(C(=O)[C@@H](N)c4ccccc4)CC3)coc12)c1c(Cl)ccc(F)c1Cl. The fourth-order valence-corrected chi connectivity index (χ4v) is 5.29. The number of benzene rings is 2. The number of rotatable bonds is 6. The Labute approximate surface area is 228 Å². The van der Waals surface area contributed by atoms with Gasteiger partial charge in [0.1, 0.15) is 18.0 Å². The van der Waals surface area contributed by atoms with Crippen molar-refractivity contribution in [3.63, 3.8) is 0 Å². The summed E-state index contributed by atoms with van der Waals surface area (Å²) in [6.07, 6.45) is 5.08. The van der Waals surface area contributed by atoms with E-state index in [1.54, 1.807) is 24.3 Å². The second-order valence-corrected chi connectivity index (χ2v) is 9.82. The van der Waals surface area contributed by atoms with E-state index in [1.165, 1.54) is 12.1 Å². The molecular formula is C28H25Cl2FN4O3. The molecule has 5 rings (SSSR count). The molecule has 1 aliphatic rings. The molecule has 10 heteroatoms. The second kappa shape index (κ2) is 10.6. The standard InChI is InChI=1S/C28H25Cl2FN4O3/c1-15(22-20(29)7-8-21(31)23(22)30)38-26-25-18(13-34-27(26)33)19(14-37-25)16-9-11-35(12-10-16)28(36)24(32)17-5-3-2-4-6-17/h2-9,13-15,24H,10-12,32H2,1H3,(H2,33,34)/t15?,24-/m0/s1. The van der Waals surface area contributed by atoms with Crippen molar-refractivity contribution >= 4 is 51.5 Å². The number of carbonyl (C=O) groups is 1. The van der Waals surface area contributed by atoms with E-state index in [0.717, 1.165) is 16.7 Å². The number of halogens is 3. The summed E-state index contributed by atoms with van der Waals surface area (Å²) in [6.45, 7) is 2.61. The van der Waals surface area contributed by atoms with Gasteiger partial charge in [-0.1, -0.05) is 59.6 Å². The number of hydrogen-bond donors (Lipinski definition) is 2. The van der Waals surface area contributed by atoms with E-state index in [1.807, 2.05) is 36.4 Å². The minimum atomic E-state index is -0.740. The van der Waals surface area contributed by atoms with E-state index in [-0.39, 0.29) is 27.5 Å². The Kier molecular flexibility index (Phi) is 7.29.